The summed E-state index contributed by atoms with van der Waals surface area (Å²) in [6, 6.07) is 9.69. The molecule has 1 aromatic carbocycles. The van der Waals surface area contributed by atoms with E-state index in [1.54, 1.807) is 0 Å². The molecule has 1 fully saturated rings. The topological polar surface area (TPSA) is 40.9 Å². The molecule has 2 rings (SSSR count). The molecule has 2 nitrogen and oxygen atoms in total. The molecule has 16 heavy (non-hydrogen) atoms. The Bertz CT molecular complexity index is 451. The van der Waals surface area contributed by atoms with Crippen LogP contribution in [0.2, 0.25) is 0 Å². The van der Waals surface area contributed by atoms with Crippen molar-refractivity contribution in [3.63, 3.8) is 0 Å². The molecule has 1 aliphatic rings. The van der Waals surface area contributed by atoms with Crippen LogP contribution >= 0.6 is 0 Å². The van der Waals surface area contributed by atoms with Gasteiger partial charge in [0, 0.05) is 11.8 Å². The molecule has 82 valence electrons. The molecule has 0 aliphatic heterocycles. The molecular weight excluding hydrogens is 198 g/mol. The number of Topliss-reactive ketones (excluding diaryl/α,β-unsaturated/α-hetero) is 1. The van der Waals surface area contributed by atoms with Crippen molar-refractivity contribution in [2.45, 2.75) is 32.6 Å². The number of nitrogens with zero attached hydrogens (tertiary/aromatic N) is 1. The van der Waals surface area contributed by atoms with Gasteiger partial charge in [-0.05, 0) is 30.0 Å². The van der Waals surface area contributed by atoms with Gasteiger partial charge in [-0.1, -0.05) is 26.0 Å². The summed E-state index contributed by atoms with van der Waals surface area (Å²) in [5.74, 6) is 0.678. The van der Waals surface area contributed by atoms with Gasteiger partial charge in [0.15, 0.2) is 0 Å². The summed E-state index contributed by atoms with van der Waals surface area (Å²) in [6.45, 7) is 4.03. The van der Waals surface area contributed by atoms with Crippen LogP contribution in [-0.4, -0.2) is 5.78 Å². The normalized spacial score (nSPS) is 23.1. The van der Waals surface area contributed by atoms with E-state index in [1.165, 1.54) is 5.56 Å². The number of benzene rings is 1. The van der Waals surface area contributed by atoms with Crippen molar-refractivity contribution in [3.8, 4) is 6.07 Å². The van der Waals surface area contributed by atoms with E-state index in [0.29, 0.717) is 23.7 Å². The molecule has 0 radical (unpaired) electrons. The highest BCUT2D eigenvalue weighted by molar-refractivity contribution is 5.87. The standard InChI is InChI=1S/C14H15NO/c1-14(2)8-12(7-13(14)16)11-5-3-10(9-15)4-6-11/h3-6,12H,7-8H2,1-2H3. The lowest BCUT2D eigenvalue weighted by atomic mass is 9.88. The first-order valence-electron chi connectivity index (χ1n) is 5.56. The van der Waals surface area contributed by atoms with Crippen LogP contribution in [0.4, 0.5) is 0 Å². The first-order valence-corrected chi connectivity index (χ1v) is 5.56. The third-order valence-corrected chi connectivity index (χ3v) is 3.45. The van der Waals surface area contributed by atoms with E-state index in [0.717, 1.165) is 6.42 Å². The van der Waals surface area contributed by atoms with Crippen LogP contribution in [-0.2, 0) is 4.79 Å². The predicted molar refractivity (Wildman–Crippen MR) is 61.9 cm³/mol. The second kappa shape index (κ2) is 3.75. The van der Waals surface area contributed by atoms with Gasteiger partial charge in [0.1, 0.15) is 5.78 Å². The van der Waals surface area contributed by atoms with E-state index in [1.807, 2.05) is 38.1 Å². The predicted octanol–water partition coefficient (Wildman–Crippen LogP) is 3.03. The molecule has 1 saturated carbocycles. The molecule has 0 saturated heterocycles. The summed E-state index contributed by atoms with van der Waals surface area (Å²) in [4.78, 5) is 11.8. The van der Waals surface area contributed by atoms with E-state index in [9.17, 15) is 4.79 Å². The summed E-state index contributed by atoms with van der Waals surface area (Å²) in [5.41, 5.74) is 1.67. The molecular formula is C14H15NO. The van der Waals surface area contributed by atoms with E-state index in [-0.39, 0.29) is 5.41 Å². The second-order valence-corrected chi connectivity index (χ2v) is 5.15. The number of carbonyl (C=O) groups excluding carboxylic acids is 1. The van der Waals surface area contributed by atoms with Crippen LogP contribution in [0.3, 0.4) is 0 Å². The lowest BCUT2D eigenvalue weighted by molar-refractivity contribution is -0.124. The van der Waals surface area contributed by atoms with Crippen LogP contribution in [0.5, 0.6) is 0 Å². The summed E-state index contributed by atoms with van der Waals surface area (Å²) in [6.07, 6.45) is 1.55. The zero-order chi connectivity index (χ0) is 11.8. The summed E-state index contributed by atoms with van der Waals surface area (Å²) in [5, 5.41) is 8.71. The van der Waals surface area contributed by atoms with Crippen molar-refractivity contribution in [2.75, 3.05) is 0 Å². The van der Waals surface area contributed by atoms with Crippen molar-refractivity contribution >= 4 is 5.78 Å². The molecule has 0 aromatic heterocycles. The van der Waals surface area contributed by atoms with Gasteiger partial charge in [-0.2, -0.15) is 5.26 Å². The Balaban J connectivity index is 2.21. The molecule has 1 unspecified atom stereocenters. The smallest absolute Gasteiger partial charge is 0.139 e. The van der Waals surface area contributed by atoms with Gasteiger partial charge in [0.05, 0.1) is 11.6 Å². The number of hydrogen-bond acceptors (Lipinski definition) is 2. The van der Waals surface area contributed by atoms with Crippen molar-refractivity contribution in [2.24, 2.45) is 5.41 Å². The van der Waals surface area contributed by atoms with Gasteiger partial charge in [0.25, 0.3) is 0 Å². The average Bonchev–Trinajstić information content (AvgIpc) is 2.54. The third-order valence-electron chi connectivity index (χ3n) is 3.45. The Morgan fingerprint density at radius 1 is 1.31 bits per heavy atom. The van der Waals surface area contributed by atoms with Gasteiger partial charge in [-0.25, -0.2) is 0 Å². The van der Waals surface area contributed by atoms with Crippen molar-refractivity contribution in [1.29, 1.82) is 5.26 Å². The van der Waals surface area contributed by atoms with Gasteiger partial charge in [0.2, 0.25) is 0 Å². The zero-order valence-electron chi connectivity index (χ0n) is 9.66. The maximum Gasteiger partial charge on any atom is 0.139 e. The molecule has 0 heterocycles. The molecule has 0 spiro atoms. The lowest BCUT2D eigenvalue weighted by Gasteiger charge is -2.15. The lowest BCUT2D eigenvalue weighted by Crippen LogP contribution is -2.15. The minimum absolute atomic E-state index is 0.182. The molecule has 1 aliphatic carbocycles. The Hall–Kier alpha value is -1.62. The monoisotopic (exact) mass is 213 g/mol. The Morgan fingerprint density at radius 3 is 2.38 bits per heavy atom. The van der Waals surface area contributed by atoms with E-state index < -0.39 is 0 Å². The maximum absolute atomic E-state index is 11.8. The van der Waals surface area contributed by atoms with Gasteiger partial charge in [-0.3, -0.25) is 4.79 Å². The third kappa shape index (κ3) is 1.86. The van der Waals surface area contributed by atoms with Crippen molar-refractivity contribution < 1.29 is 4.79 Å². The maximum atomic E-state index is 11.8. The van der Waals surface area contributed by atoms with E-state index in [4.69, 9.17) is 5.26 Å². The Morgan fingerprint density at radius 2 is 1.94 bits per heavy atom. The minimum Gasteiger partial charge on any atom is -0.299 e. The second-order valence-electron chi connectivity index (χ2n) is 5.15. The number of rotatable bonds is 1. The highest BCUT2D eigenvalue weighted by atomic mass is 16.1. The fourth-order valence-corrected chi connectivity index (χ4v) is 2.37. The van der Waals surface area contributed by atoms with Gasteiger partial charge < -0.3 is 0 Å². The number of carbonyl (C=O) groups is 1. The highest BCUT2D eigenvalue weighted by Crippen LogP contribution is 2.43. The quantitative estimate of drug-likeness (QED) is 0.719. The van der Waals surface area contributed by atoms with Crippen molar-refractivity contribution in [1.82, 2.24) is 0 Å². The van der Waals surface area contributed by atoms with E-state index in [2.05, 4.69) is 6.07 Å². The Kier molecular flexibility index (Phi) is 2.55. The fourth-order valence-electron chi connectivity index (χ4n) is 2.37. The molecule has 1 aromatic rings. The van der Waals surface area contributed by atoms with Gasteiger partial charge >= 0.3 is 0 Å². The van der Waals surface area contributed by atoms with Crippen LogP contribution < -0.4 is 0 Å². The van der Waals surface area contributed by atoms with Crippen LogP contribution in [0.25, 0.3) is 0 Å². The molecule has 2 heteroatoms. The van der Waals surface area contributed by atoms with Gasteiger partial charge in [-0.15, -0.1) is 0 Å². The van der Waals surface area contributed by atoms with Crippen molar-refractivity contribution in [3.05, 3.63) is 35.4 Å². The number of ketones is 1. The molecule has 0 N–H and O–H groups in total. The van der Waals surface area contributed by atoms with E-state index >= 15 is 0 Å². The largest absolute Gasteiger partial charge is 0.299 e. The van der Waals surface area contributed by atoms with Crippen LogP contribution in [0.1, 0.15) is 43.7 Å². The summed E-state index contributed by atoms with van der Waals surface area (Å²) in [7, 11) is 0. The average molecular weight is 213 g/mol. The first-order chi connectivity index (χ1) is 7.53. The first kappa shape index (κ1) is 10.9. The molecule has 0 bridgehead atoms. The zero-order valence-corrected chi connectivity index (χ0v) is 9.66. The molecule has 1 atom stereocenters. The fraction of sp³-hybridized carbons (Fsp3) is 0.429. The minimum atomic E-state index is -0.182. The number of hydrogen-bond donors (Lipinski definition) is 0. The summed E-state index contributed by atoms with van der Waals surface area (Å²) >= 11 is 0. The van der Waals surface area contributed by atoms with Crippen LogP contribution in [0.15, 0.2) is 24.3 Å². The van der Waals surface area contributed by atoms with Crippen LogP contribution in [0, 0.1) is 16.7 Å². The highest BCUT2D eigenvalue weighted by Gasteiger charge is 2.39. The molecule has 0 amide bonds. The SMILES string of the molecule is CC1(C)CC(c2ccc(C#N)cc2)CC1=O. The number of nitriles is 1. The Labute approximate surface area is 95.9 Å². The summed E-state index contributed by atoms with van der Waals surface area (Å²) < 4.78 is 0.